The molecule has 12 rings (SSSR count). The van der Waals surface area contributed by atoms with E-state index in [0.29, 0.717) is 44.7 Å². The Hall–Kier alpha value is -7.42. The Balaban J connectivity index is 0.00000954. The Labute approximate surface area is 522 Å². The number of aromatic nitrogens is 2. The fraction of sp³-hybridized carbons (Fsp3) is 0.289. The molecule has 3 heterocycles. The van der Waals surface area contributed by atoms with Crippen LogP contribution in [0, 0.1) is 25.8 Å². The molecule has 0 radical (unpaired) electrons. The van der Waals surface area contributed by atoms with E-state index in [1.165, 1.54) is 34.5 Å². The molecule has 1 aliphatic carbocycles. The molecule has 2 aromatic heterocycles. The maximum absolute atomic E-state index is 9.51. The van der Waals surface area contributed by atoms with E-state index in [1.807, 2.05) is 41.0 Å². The summed E-state index contributed by atoms with van der Waals surface area (Å²) in [4.78, 5) is 4.90. The quantitative estimate of drug-likeness (QED) is 0.112. The molecule has 10 aromatic rings. The number of pyridine rings is 1. The van der Waals surface area contributed by atoms with E-state index in [2.05, 4.69) is 145 Å². The fourth-order valence-electron chi connectivity index (χ4n) is 11.4. The number of aryl methyl sites for hydroxylation is 2. The van der Waals surface area contributed by atoms with Crippen LogP contribution in [-0.4, -0.2) is 15.6 Å². The van der Waals surface area contributed by atoms with Crippen LogP contribution >= 0.6 is 0 Å². The van der Waals surface area contributed by atoms with E-state index >= 15 is 0 Å². The van der Waals surface area contributed by atoms with Crippen LogP contribution in [0.4, 0.5) is 22.7 Å². The normalized spacial score (nSPS) is 17.6. The van der Waals surface area contributed by atoms with Crippen molar-refractivity contribution < 1.29 is 46.4 Å². The molecule has 0 unspecified atom stereocenters. The van der Waals surface area contributed by atoms with Gasteiger partial charge in [0.25, 0.3) is 11.4 Å². The molecule has 1 aliphatic heterocycles. The van der Waals surface area contributed by atoms with Gasteiger partial charge in [-0.25, -0.2) is 4.98 Å². The standard InChI is InChI=1S/C76H76N4O.Pt/c1-48-29-31-56(44-69(48)81-57-32-33-59-58-25-19-20-26-65(58)80(68(59)45-57)70-37-49(2)62(46-77-70)51-30-34-63-64(40-51)76(14,15)36-35-75(63,12)13)78-47-79(67-28-22-21-27-66(67)78)71-60(50-23-17-16-18-24-50)42-55(74(9,10)11)43-61(71)52-38-53(72(3,4)5)41-54(39-52)73(6,7)8;/h16-34,37-43,46H,35-36H2,1-15H3;/q;+2/i1D3,2D3,16D,17D,18D,19D,20D,23D,24D,25D,26D;. The molecule has 0 atom stereocenters. The monoisotopic (exact) mass is 1270 g/mol. The van der Waals surface area contributed by atoms with Crippen molar-refractivity contribution in [2.75, 3.05) is 0 Å². The zero-order valence-corrected chi connectivity index (χ0v) is 51.1. The molecular formula is C76H76N4OPt+2. The van der Waals surface area contributed by atoms with Crippen molar-refractivity contribution in [2.24, 2.45) is 0 Å². The van der Waals surface area contributed by atoms with Crippen LogP contribution in [0.15, 0.2) is 164 Å². The van der Waals surface area contributed by atoms with E-state index in [0.717, 1.165) is 40.7 Å². The SMILES string of the molecule is [2H]c1c([2H])c([2H])c(-c2cc(C(C)(C)C)cc(-c3cc(C(C)(C)C)cc(C(C)(C)C)c3)c2[N+]2=C=[N+](c3[c-]c(Oc4[c-]c5c(cc4)c4c([2H])c([2H])c([2H])c([2H])c4n5-c4cc(C([2H])([2H])[2H])c(-c5ccc6c(c5)C(C)(C)CCC6(C)C)cn4)c(C([2H])([2H])[2H])cc3)c3ccccc32)c([2H])c1[2H].[Pt+2]. The zero-order chi connectivity index (χ0) is 70.0. The first-order valence-corrected chi connectivity index (χ1v) is 27.7. The molecule has 8 aromatic carbocycles. The maximum Gasteiger partial charge on any atom is 2.00 e. The molecular weight excluding hydrogens is 1180 g/mol. The largest absolute Gasteiger partial charge is 2.00 e. The van der Waals surface area contributed by atoms with Crippen molar-refractivity contribution in [3.05, 3.63) is 215 Å². The molecule has 414 valence electrons. The average molecular weight is 1270 g/mol. The predicted octanol–water partition coefficient (Wildman–Crippen LogP) is 20.3. The van der Waals surface area contributed by atoms with Gasteiger partial charge in [0.05, 0.1) is 23.5 Å². The van der Waals surface area contributed by atoms with Crippen LogP contribution in [0.1, 0.15) is 162 Å². The van der Waals surface area contributed by atoms with Gasteiger partial charge < -0.3 is 9.30 Å². The number of ether oxygens (including phenoxy) is 1. The minimum absolute atomic E-state index is 0. The molecule has 0 N–H and O–H groups in total. The second kappa shape index (κ2) is 20.5. The maximum atomic E-state index is 9.51. The van der Waals surface area contributed by atoms with Gasteiger partial charge in [0.2, 0.25) is 5.69 Å². The Bertz CT molecular complexity index is 4990. The molecule has 5 nitrogen and oxygen atoms in total. The van der Waals surface area contributed by atoms with Crippen LogP contribution in [0.3, 0.4) is 0 Å². The van der Waals surface area contributed by atoms with Gasteiger partial charge in [0.1, 0.15) is 11.5 Å². The molecule has 82 heavy (non-hydrogen) atoms. The Morgan fingerprint density at radius 1 is 0.585 bits per heavy atom. The average Bonchev–Trinajstić information content (AvgIpc) is 1.65. The summed E-state index contributed by atoms with van der Waals surface area (Å²) < 4.78 is 147. The van der Waals surface area contributed by atoms with Crippen LogP contribution in [0.5, 0.6) is 11.5 Å². The third-order valence-corrected chi connectivity index (χ3v) is 16.4. The van der Waals surface area contributed by atoms with Crippen LogP contribution in [-0.2, 0) is 48.1 Å². The fourth-order valence-corrected chi connectivity index (χ4v) is 11.4. The number of para-hydroxylation sites is 3. The molecule has 0 bridgehead atoms. The third kappa shape index (κ3) is 10.1. The van der Waals surface area contributed by atoms with Crippen molar-refractivity contribution in [1.29, 1.82) is 0 Å². The van der Waals surface area contributed by atoms with Gasteiger partial charge in [-0.15, -0.1) is 23.1 Å². The van der Waals surface area contributed by atoms with Gasteiger partial charge in [-0.05, 0) is 131 Å². The predicted molar refractivity (Wildman–Crippen MR) is 341 cm³/mol. The minimum Gasteiger partial charge on any atom is -0.509 e. The number of nitrogens with zero attached hydrogens (tertiary/aromatic N) is 4. The number of rotatable bonds is 8. The molecule has 0 saturated heterocycles. The van der Waals surface area contributed by atoms with Crippen LogP contribution in [0.25, 0.3) is 61.0 Å². The summed E-state index contributed by atoms with van der Waals surface area (Å²) in [7, 11) is 0. The summed E-state index contributed by atoms with van der Waals surface area (Å²) in [5, 5.41) is 0.414. The summed E-state index contributed by atoms with van der Waals surface area (Å²) >= 11 is 0. The smallest absolute Gasteiger partial charge is 0.509 e. The molecule has 6 heteroatoms. The van der Waals surface area contributed by atoms with Crippen molar-refractivity contribution in [1.82, 2.24) is 18.7 Å². The first kappa shape index (κ1) is 40.7. The van der Waals surface area contributed by atoms with E-state index in [1.54, 1.807) is 16.7 Å². The molecule has 0 spiro atoms. The van der Waals surface area contributed by atoms with Crippen LogP contribution in [0.2, 0.25) is 0 Å². The minimum atomic E-state index is -2.78. The molecule has 0 amide bonds. The van der Waals surface area contributed by atoms with E-state index < -0.39 is 55.4 Å². The van der Waals surface area contributed by atoms with Gasteiger partial charge in [-0.2, -0.15) is 12.1 Å². The summed E-state index contributed by atoms with van der Waals surface area (Å²) in [6.45, 7) is 22.5. The van der Waals surface area contributed by atoms with Gasteiger partial charge in [-0.3, -0.25) is 0 Å². The number of hydrogen-bond donors (Lipinski definition) is 0. The topological polar surface area (TPSA) is 33.1 Å². The van der Waals surface area contributed by atoms with E-state index in [4.69, 9.17) is 24.8 Å². The number of benzene rings is 8. The first-order valence-electron chi connectivity index (χ1n) is 35.2. The first-order chi connectivity index (χ1) is 44.5. The van der Waals surface area contributed by atoms with Crippen LogP contribution < -0.4 is 13.9 Å². The number of fused-ring (bicyclic) bond motifs is 5. The van der Waals surface area contributed by atoms with Gasteiger partial charge >= 0.3 is 27.1 Å². The van der Waals surface area contributed by atoms with E-state index in [9.17, 15) is 5.48 Å². The molecule has 2 aliphatic rings. The summed E-state index contributed by atoms with van der Waals surface area (Å²) in [5.41, 5.74) is 8.44. The molecule has 0 saturated carbocycles. The molecule has 0 fully saturated rings. The second-order valence-electron chi connectivity index (χ2n) is 26.2. The Morgan fingerprint density at radius 2 is 1.21 bits per heavy atom. The van der Waals surface area contributed by atoms with E-state index in [-0.39, 0.29) is 117 Å². The third-order valence-electron chi connectivity index (χ3n) is 16.4. The van der Waals surface area contributed by atoms with Gasteiger partial charge in [0.15, 0.2) is 0 Å². The zero-order valence-electron chi connectivity index (χ0n) is 63.8. The number of hydrogen-bond acceptors (Lipinski definition) is 2. The second-order valence-corrected chi connectivity index (χ2v) is 26.2. The van der Waals surface area contributed by atoms with Crippen molar-refractivity contribution in [3.63, 3.8) is 0 Å². The van der Waals surface area contributed by atoms with Crippen molar-refractivity contribution in [3.8, 4) is 50.7 Å². The van der Waals surface area contributed by atoms with Crippen molar-refractivity contribution >= 4 is 50.6 Å². The Kier molecular flexibility index (Phi) is 10.2. The Morgan fingerprint density at radius 3 is 1.88 bits per heavy atom. The summed E-state index contributed by atoms with van der Waals surface area (Å²) in [6.07, 6.45) is 3.42. The van der Waals surface area contributed by atoms with Gasteiger partial charge in [0, 0.05) is 49.1 Å². The summed E-state index contributed by atoms with van der Waals surface area (Å²) in [6, 6.07) is 37.6. The van der Waals surface area contributed by atoms with Crippen molar-refractivity contribution in [2.45, 2.75) is 144 Å². The summed E-state index contributed by atoms with van der Waals surface area (Å²) in [5.74, 6) is -0.270. The van der Waals surface area contributed by atoms with Gasteiger partial charge in [-0.1, -0.05) is 216 Å².